The maximum absolute atomic E-state index is 12.4. The van der Waals surface area contributed by atoms with Crippen molar-refractivity contribution in [2.45, 2.75) is 51.9 Å². The molecule has 0 atom stereocenters. The van der Waals surface area contributed by atoms with Gasteiger partial charge in [-0.2, -0.15) is 0 Å². The normalized spacial score (nSPS) is 44.1. The molecule has 5 aliphatic rings. The van der Waals surface area contributed by atoms with E-state index in [2.05, 4.69) is 12.2 Å². The van der Waals surface area contributed by atoms with Crippen molar-refractivity contribution in [3.05, 3.63) is 0 Å². The van der Waals surface area contributed by atoms with Gasteiger partial charge in [0.05, 0.1) is 13.2 Å². The highest BCUT2D eigenvalue weighted by molar-refractivity contribution is 5.76. The molecule has 1 aliphatic heterocycles. The smallest absolute Gasteiger partial charge is 0.220 e. The minimum Gasteiger partial charge on any atom is -0.380 e. The van der Waals surface area contributed by atoms with Gasteiger partial charge in [-0.15, -0.1) is 0 Å². The fourth-order valence-corrected chi connectivity index (χ4v) is 5.77. The van der Waals surface area contributed by atoms with E-state index in [4.69, 9.17) is 4.74 Å². The Morgan fingerprint density at radius 2 is 1.65 bits per heavy atom. The average Bonchev–Trinajstić information content (AvgIpc) is 2.31. The minimum atomic E-state index is 0.192. The fourth-order valence-electron chi connectivity index (χ4n) is 5.77. The van der Waals surface area contributed by atoms with E-state index in [0.29, 0.717) is 11.3 Å². The zero-order valence-corrected chi connectivity index (χ0v) is 12.6. The fraction of sp³-hybridized carbons (Fsp3) is 0.941. The van der Waals surface area contributed by atoms with Crippen LogP contribution in [0.5, 0.6) is 0 Å². The number of hydrogen-bond donors (Lipinski definition) is 1. The van der Waals surface area contributed by atoms with Crippen LogP contribution in [-0.4, -0.2) is 25.7 Å². The average molecular weight is 277 g/mol. The predicted molar refractivity (Wildman–Crippen MR) is 77.2 cm³/mol. The molecule has 3 nitrogen and oxygen atoms in total. The van der Waals surface area contributed by atoms with Gasteiger partial charge in [-0.05, 0) is 61.7 Å². The quantitative estimate of drug-likeness (QED) is 0.858. The zero-order valence-electron chi connectivity index (χ0n) is 12.6. The first-order valence-electron chi connectivity index (χ1n) is 8.39. The number of carbonyl (C=O) groups is 1. The number of ether oxygens (including phenoxy) is 1. The van der Waals surface area contributed by atoms with E-state index in [1.165, 1.54) is 38.5 Å². The summed E-state index contributed by atoms with van der Waals surface area (Å²) < 4.78 is 5.25. The first kappa shape index (κ1) is 13.1. The summed E-state index contributed by atoms with van der Waals surface area (Å²) in [5.74, 6) is 3.10. The van der Waals surface area contributed by atoms with E-state index in [0.717, 1.165) is 43.9 Å². The van der Waals surface area contributed by atoms with Crippen LogP contribution in [0.4, 0.5) is 0 Å². The highest BCUT2D eigenvalue weighted by Crippen LogP contribution is 2.61. The number of amides is 1. The Kier molecular flexibility index (Phi) is 2.93. The standard InChI is InChI=1S/C17H27NO2/c1-16(10-20-11-16)9-18-15(19)8-17-5-12-2-13(6-17)4-14(3-12)7-17/h12-14H,2-11H2,1H3,(H,18,19). The van der Waals surface area contributed by atoms with Crippen LogP contribution in [-0.2, 0) is 9.53 Å². The number of carbonyl (C=O) groups excluding carboxylic acids is 1. The molecule has 1 saturated heterocycles. The van der Waals surface area contributed by atoms with Crippen molar-refractivity contribution < 1.29 is 9.53 Å². The summed E-state index contributed by atoms with van der Waals surface area (Å²) in [5, 5.41) is 3.18. The van der Waals surface area contributed by atoms with Crippen LogP contribution >= 0.6 is 0 Å². The number of nitrogens with one attached hydrogen (secondary N) is 1. The predicted octanol–water partition coefficient (Wildman–Crippen LogP) is 2.75. The van der Waals surface area contributed by atoms with Gasteiger partial charge in [0.2, 0.25) is 5.91 Å². The molecular formula is C17H27NO2. The monoisotopic (exact) mass is 277 g/mol. The lowest BCUT2D eigenvalue weighted by Crippen LogP contribution is -2.51. The van der Waals surface area contributed by atoms with Gasteiger partial charge in [0, 0.05) is 18.4 Å². The maximum atomic E-state index is 12.4. The van der Waals surface area contributed by atoms with Gasteiger partial charge in [0.15, 0.2) is 0 Å². The molecule has 1 N–H and O–H groups in total. The van der Waals surface area contributed by atoms with E-state index < -0.39 is 0 Å². The molecule has 3 heteroatoms. The van der Waals surface area contributed by atoms with Crippen LogP contribution < -0.4 is 5.32 Å². The van der Waals surface area contributed by atoms with Crippen LogP contribution in [0.3, 0.4) is 0 Å². The van der Waals surface area contributed by atoms with Crippen molar-refractivity contribution in [2.24, 2.45) is 28.6 Å². The Balaban J connectivity index is 1.35. The van der Waals surface area contributed by atoms with Crippen molar-refractivity contribution in [1.82, 2.24) is 5.32 Å². The molecule has 0 aromatic carbocycles. The maximum Gasteiger partial charge on any atom is 0.220 e. The Morgan fingerprint density at radius 1 is 1.10 bits per heavy atom. The van der Waals surface area contributed by atoms with Crippen LogP contribution in [0.15, 0.2) is 0 Å². The minimum absolute atomic E-state index is 0.192. The molecule has 20 heavy (non-hydrogen) atoms. The molecule has 1 amide bonds. The first-order valence-corrected chi connectivity index (χ1v) is 8.39. The van der Waals surface area contributed by atoms with Gasteiger partial charge in [-0.3, -0.25) is 4.79 Å². The topological polar surface area (TPSA) is 38.3 Å². The molecule has 5 rings (SSSR count). The highest BCUT2D eigenvalue weighted by Gasteiger charge is 2.51. The summed E-state index contributed by atoms with van der Waals surface area (Å²) in [4.78, 5) is 12.4. The van der Waals surface area contributed by atoms with Crippen LogP contribution in [0.1, 0.15) is 51.9 Å². The van der Waals surface area contributed by atoms with Crippen LogP contribution in [0, 0.1) is 28.6 Å². The lowest BCUT2D eigenvalue weighted by molar-refractivity contribution is -0.134. The largest absolute Gasteiger partial charge is 0.380 e. The van der Waals surface area contributed by atoms with E-state index in [1.54, 1.807) is 0 Å². The molecule has 112 valence electrons. The van der Waals surface area contributed by atoms with E-state index in [9.17, 15) is 4.79 Å². The summed E-state index contributed by atoms with van der Waals surface area (Å²) in [7, 11) is 0. The van der Waals surface area contributed by atoms with E-state index in [-0.39, 0.29) is 5.41 Å². The third-order valence-corrected chi connectivity index (χ3v) is 6.31. The number of rotatable bonds is 4. The molecule has 1 heterocycles. The molecule has 0 unspecified atom stereocenters. The summed E-state index contributed by atoms with van der Waals surface area (Å²) in [6.07, 6.45) is 9.13. The molecular weight excluding hydrogens is 250 g/mol. The molecule has 0 spiro atoms. The van der Waals surface area contributed by atoms with Crippen molar-refractivity contribution in [2.75, 3.05) is 19.8 Å². The molecule has 0 aromatic heterocycles. The van der Waals surface area contributed by atoms with Gasteiger partial charge < -0.3 is 10.1 Å². The molecule has 4 bridgehead atoms. The molecule has 4 aliphatic carbocycles. The second-order valence-electron chi connectivity index (χ2n) is 8.67. The van der Waals surface area contributed by atoms with Gasteiger partial charge in [0.1, 0.15) is 0 Å². The Morgan fingerprint density at radius 3 is 2.10 bits per heavy atom. The van der Waals surface area contributed by atoms with Crippen molar-refractivity contribution in [3.8, 4) is 0 Å². The molecule has 0 radical (unpaired) electrons. The number of hydrogen-bond acceptors (Lipinski definition) is 2. The molecule has 0 aromatic rings. The van der Waals surface area contributed by atoms with Crippen LogP contribution in [0.25, 0.3) is 0 Å². The lowest BCUT2D eigenvalue weighted by Gasteiger charge is -2.56. The van der Waals surface area contributed by atoms with Crippen molar-refractivity contribution in [3.63, 3.8) is 0 Å². The van der Waals surface area contributed by atoms with Crippen molar-refractivity contribution >= 4 is 5.91 Å². The second kappa shape index (κ2) is 4.46. The highest BCUT2D eigenvalue weighted by atomic mass is 16.5. The summed E-state index contributed by atoms with van der Waals surface area (Å²) in [6.45, 7) is 4.58. The van der Waals surface area contributed by atoms with Gasteiger partial charge >= 0.3 is 0 Å². The summed E-state index contributed by atoms with van der Waals surface area (Å²) >= 11 is 0. The van der Waals surface area contributed by atoms with E-state index in [1.807, 2.05) is 0 Å². The van der Waals surface area contributed by atoms with Gasteiger partial charge in [-0.25, -0.2) is 0 Å². The van der Waals surface area contributed by atoms with Crippen LogP contribution in [0.2, 0.25) is 0 Å². The second-order valence-corrected chi connectivity index (χ2v) is 8.67. The van der Waals surface area contributed by atoms with Gasteiger partial charge in [-0.1, -0.05) is 6.92 Å². The van der Waals surface area contributed by atoms with E-state index >= 15 is 0 Å². The SMILES string of the molecule is CC1(CNC(=O)CC23CC4CC(CC(C4)C2)C3)COC1. The summed E-state index contributed by atoms with van der Waals surface area (Å²) in [5.41, 5.74) is 0.562. The van der Waals surface area contributed by atoms with Gasteiger partial charge in [0.25, 0.3) is 0 Å². The third kappa shape index (κ3) is 2.28. The zero-order chi connectivity index (χ0) is 13.8. The molecule has 5 fully saturated rings. The Hall–Kier alpha value is -0.570. The Labute approximate surface area is 121 Å². The third-order valence-electron chi connectivity index (χ3n) is 6.31. The van der Waals surface area contributed by atoms with Crippen molar-refractivity contribution in [1.29, 1.82) is 0 Å². The lowest BCUT2D eigenvalue weighted by atomic mass is 9.49. The molecule has 4 saturated carbocycles. The first-order chi connectivity index (χ1) is 9.54. The summed E-state index contributed by atoms with van der Waals surface area (Å²) in [6, 6.07) is 0. The Bertz CT molecular complexity index is 378.